The highest BCUT2D eigenvalue weighted by Crippen LogP contribution is 2.27. The predicted molar refractivity (Wildman–Crippen MR) is 55.0 cm³/mol. The number of carbonyl (C=O) groups is 1. The Balaban J connectivity index is 2.90. The van der Waals surface area contributed by atoms with E-state index in [1.165, 1.54) is 6.07 Å². The summed E-state index contributed by atoms with van der Waals surface area (Å²) in [5.41, 5.74) is 6.03. The first-order valence-corrected chi connectivity index (χ1v) is 4.76. The summed E-state index contributed by atoms with van der Waals surface area (Å²) in [5.74, 6) is -0.979. The number of aliphatic carboxylic acids is 1. The summed E-state index contributed by atoms with van der Waals surface area (Å²) in [5, 5.41) is 18.0. The average Bonchev–Trinajstić information content (AvgIpc) is 2.01. The molecule has 0 fully saturated rings. The lowest BCUT2D eigenvalue weighted by atomic mass is 10.0. The van der Waals surface area contributed by atoms with Crippen LogP contribution >= 0.6 is 15.9 Å². The predicted octanol–water partition coefficient (Wildman–Crippen LogP) is 1.63. The molecule has 1 rings (SSSR count). The van der Waals surface area contributed by atoms with Gasteiger partial charge in [-0.25, -0.2) is 0 Å². The average molecular weight is 260 g/mol. The van der Waals surface area contributed by atoms with Gasteiger partial charge in [0.15, 0.2) is 0 Å². The van der Waals surface area contributed by atoms with Gasteiger partial charge < -0.3 is 15.9 Å². The third-order valence-corrected chi connectivity index (χ3v) is 2.28. The Labute approximate surface area is 89.5 Å². The number of hydrogen-bond donors (Lipinski definition) is 3. The highest BCUT2D eigenvalue weighted by atomic mass is 79.9. The minimum Gasteiger partial charge on any atom is -0.508 e. The zero-order valence-corrected chi connectivity index (χ0v) is 8.86. The van der Waals surface area contributed by atoms with Crippen molar-refractivity contribution in [1.82, 2.24) is 0 Å². The summed E-state index contributed by atoms with van der Waals surface area (Å²) in [6.45, 7) is 0. The molecule has 14 heavy (non-hydrogen) atoms. The van der Waals surface area contributed by atoms with E-state index >= 15 is 0 Å². The van der Waals surface area contributed by atoms with Crippen LogP contribution < -0.4 is 5.73 Å². The van der Waals surface area contributed by atoms with Gasteiger partial charge in [0, 0.05) is 16.1 Å². The van der Waals surface area contributed by atoms with E-state index in [1.807, 2.05) is 0 Å². The molecule has 0 radical (unpaired) electrons. The van der Waals surface area contributed by atoms with Crippen molar-refractivity contribution >= 4 is 21.9 Å². The molecule has 0 aromatic heterocycles. The second-order valence-corrected chi connectivity index (χ2v) is 3.82. The summed E-state index contributed by atoms with van der Waals surface area (Å²) >= 11 is 3.18. The van der Waals surface area contributed by atoms with Crippen molar-refractivity contribution in [3.8, 4) is 5.75 Å². The molecule has 76 valence electrons. The maximum atomic E-state index is 10.4. The molecule has 1 unspecified atom stereocenters. The lowest BCUT2D eigenvalue weighted by Gasteiger charge is -2.11. The van der Waals surface area contributed by atoms with Gasteiger partial charge in [0.1, 0.15) is 5.75 Å². The number of carboxylic acids is 1. The molecule has 4 N–H and O–H groups in total. The fourth-order valence-electron chi connectivity index (χ4n) is 1.13. The molecule has 0 bridgehead atoms. The van der Waals surface area contributed by atoms with E-state index in [0.29, 0.717) is 5.56 Å². The number of phenolic OH excluding ortho intramolecular Hbond substituents is 1. The maximum absolute atomic E-state index is 10.4. The maximum Gasteiger partial charge on any atom is 0.305 e. The zero-order chi connectivity index (χ0) is 10.7. The molecular weight excluding hydrogens is 250 g/mol. The third kappa shape index (κ3) is 2.71. The van der Waals surface area contributed by atoms with Gasteiger partial charge in [-0.2, -0.15) is 0 Å². The number of carboxylic acid groups (broad SMARTS) is 1. The van der Waals surface area contributed by atoms with Crippen molar-refractivity contribution in [3.63, 3.8) is 0 Å². The minimum atomic E-state index is -0.986. The number of rotatable bonds is 3. The Morgan fingerprint density at radius 3 is 2.71 bits per heavy atom. The van der Waals surface area contributed by atoms with Crippen LogP contribution in [0.3, 0.4) is 0 Å². The van der Waals surface area contributed by atoms with Crippen LogP contribution in [0.5, 0.6) is 5.75 Å². The van der Waals surface area contributed by atoms with E-state index in [1.54, 1.807) is 12.1 Å². The topological polar surface area (TPSA) is 83.6 Å². The molecular formula is C9H10BrNO3. The first-order chi connectivity index (χ1) is 6.50. The van der Waals surface area contributed by atoms with Gasteiger partial charge in [0.2, 0.25) is 0 Å². The molecule has 0 heterocycles. The van der Waals surface area contributed by atoms with E-state index in [4.69, 9.17) is 10.8 Å². The van der Waals surface area contributed by atoms with E-state index in [9.17, 15) is 9.90 Å². The van der Waals surface area contributed by atoms with E-state index in [0.717, 1.165) is 4.47 Å². The van der Waals surface area contributed by atoms with E-state index in [-0.39, 0.29) is 12.2 Å². The van der Waals surface area contributed by atoms with Crippen LogP contribution in [0.25, 0.3) is 0 Å². The monoisotopic (exact) mass is 259 g/mol. The van der Waals surface area contributed by atoms with Crippen molar-refractivity contribution < 1.29 is 15.0 Å². The number of nitrogens with two attached hydrogens (primary N) is 1. The fourth-order valence-corrected chi connectivity index (χ4v) is 1.48. The summed E-state index contributed by atoms with van der Waals surface area (Å²) in [7, 11) is 0. The van der Waals surface area contributed by atoms with Crippen molar-refractivity contribution in [2.45, 2.75) is 12.5 Å². The van der Waals surface area contributed by atoms with Gasteiger partial charge in [0.25, 0.3) is 0 Å². The van der Waals surface area contributed by atoms with Crippen LogP contribution in [0.2, 0.25) is 0 Å². The highest BCUT2D eigenvalue weighted by molar-refractivity contribution is 9.10. The fraction of sp³-hybridized carbons (Fsp3) is 0.222. The molecule has 1 atom stereocenters. The molecule has 4 nitrogen and oxygen atoms in total. The van der Waals surface area contributed by atoms with Gasteiger partial charge in [-0.15, -0.1) is 0 Å². The molecule has 0 aliphatic carbocycles. The second-order valence-electron chi connectivity index (χ2n) is 2.91. The Kier molecular flexibility index (Phi) is 3.49. The SMILES string of the molecule is NC(CC(=O)O)c1ccc(Br)cc1O. The molecule has 0 spiro atoms. The summed E-state index contributed by atoms with van der Waals surface area (Å²) in [4.78, 5) is 10.4. The van der Waals surface area contributed by atoms with Crippen LogP contribution in [0.15, 0.2) is 22.7 Å². The van der Waals surface area contributed by atoms with Crippen molar-refractivity contribution in [2.75, 3.05) is 0 Å². The van der Waals surface area contributed by atoms with Crippen LogP contribution in [0.1, 0.15) is 18.0 Å². The molecule has 5 heteroatoms. The Hall–Kier alpha value is -1.07. The van der Waals surface area contributed by atoms with Crippen LogP contribution in [0, 0.1) is 0 Å². The van der Waals surface area contributed by atoms with Gasteiger partial charge in [-0.1, -0.05) is 22.0 Å². The number of halogens is 1. The third-order valence-electron chi connectivity index (χ3n) is 1.79. The Morgan fingerprint density at radius 2 is 2.21 bits per heavy atom. The number of benzene rings is 1. The van der Waals surface area contributed by atoms with E-state index in [2.05, 4.69) is 15.9 Å². The zero-order valence-electron chi connectivity index (χ0n) is 7.27. The van der Waals surface area contributed by atoms with Crippen LogP contribution in [-0.4, -0.2) is 16.2 Å². The molecule has 0 saturated heterocycles. The molecule has 1 aromatic rings. The normalized spacial score (nSPS) is 12.4. The van der Waals surface area contributed by atoms with Gasteiger partial charge in [-0.3, -0.25) is 4.79 Å². The molecule has 0 aliphatic heterocycles. The highest BCUT2D eigenvalue weighted by Gasteiger charge is 2.14. The van der Waals surface area contributed by atoms with Crippen LogP contribution in [0.4, 0.5) is 0 Å². The summed E-state index contributed by atoms with van der Waals surface area (Å²) in [6, 6.07) is 4.11. The van der Waals surface area contributed by atoms with Crippen LogP contribution in [-0.2, 0) is 4.79 Å². The quantitative estimate of drug-likeness (QED) is 0.771. The second kappa shape index (κ2) is 4.43. The minimum absolute atomic E-state index is 0.00752. The standard InChI is InChI=1S/C9H10BrNO3/c10-5-1-2-6(8(12)3-5)7(11)4-9(13)14/h1-3,7,12H,4,11H2,(H,13,14). The smallest absolute Gasteiger partial charge is 0.305 e. The summed E-state index contributed by atoms with van der Waals surface area (Å²) in [6.07, 6.45) is -0.199. The van der Waals surface area contributed by atoms with Gasteiger partial charge >= 0.3 is 5.97 Å². The number of aromatic hydroxyl groups is 1. The summed E-state index contributed by atoms with van der Waals surface area (Å²) < 4.78 is 0.723. The van der Waals surface area contributed by atoms with Gasteiger partial charge in [-0.05, 0) is 12.1 Å². The van der Waals surface area contributed by atoms with E-state index < -0.39 is 12.0 Å². The lowest BCUT2D eigenvalue weighted by molar-refractivity contribution is -0.137. The number of hydrogen-bond acceptors (Lipinski definition) is 3. The first-order valence-electron chi connectivity index (χ1n) is 3.96. The first kappa shape index (κ1) is 11.0. The molecule has 1 aromatic carbocycles. The van der Waals surface area contributed by atoms with Crippen molar-refractivity contribution in [3.05, 3.63) is 28.2 Å². The lowest BCUT2D eigenvalue weighted by Crippen LogP contribution is -2.15. The van der Waals surface area contributed by atoms with Crippen molar-refractivity contribution in [1.29, 1.82) is 0 Å². The molecule has 0 aliphatic rings. The largest absolute Gasteiger partial charge is 0.508 e. The molecule has 0 saturated carbocycles. The van der Waals surface area contributed by atoms with Crippen molar-refractivity contribution in [2.24, 2.45) is 5.73 Å². The Bertz CT molecular complexity index is 354. The molecule has 0 amide bonds. The Morgan fingerprint density at radius 1 is 1.57 bits per heavy atom. The number of phenols is 1. The van der Waals surface area contributed by atoms with Gasteiger partial charge in [0.05, 0.1) is 6.42 Å².